The van der Waals surface area contributed by atoms with Gasteiger partial charge in [-0.3, -0.25) is 0 Å². The molecule has 0 aliphatic carbocycles. The molecule has 0 radical (unpaired) electrons. The molecule has 0 amide bonds. The summed E-state index contributed by atoms with van der Waals surface area (Å²) in [7, 11) is -1.13. The normalized spacial score (nSPS) is 11.1. The zero-order valence-electron chi connectivity index (χ0n) is 17.7. The molecule has 0 unspecified atom stereocenters. The maximum absolute atomic E-state index is 9.59. The van der Waals surface area contributed by atoms with E-state index in [4.69, 9.17) is 0 Å². The molecule has 0 aliphatic rings. The lowest BCUT2D eigenvalue weighted by atomic mass is 10.1. The van der Waals surface area contributed by atoms with Gasteiger partial charge in [-0.2, -0.15) is 15.8 Å². The molecule has 0 spiro atoms. The largest absolute Gasteiger partial charge is 0.354 e. The summed E-state index contributed by atoms with van der Waals surface area (Å²) in [5.74, 6) is 0. The van der Waals surface area contributed by atoms with Gasteiger partial charge in [0.15, 0.2) is 0 Å². The van der Waals surface area contributed by atoms with E-state index < -0.39 is 7.92 Å². The van der Waals surface area contributed by atoms with Crippen molar-refractivity contribution in [3.63, 3.8) is 0 Å². The van der Waals surface area contributed by atoms with Crippen molar-refractivity contribution < 1.29 is 0 Å². The van der Waals surface area contributed by atoms with E-state index in [-0.39, 0.29) is 0 Å². The van der Waals surface area contributed by atoms with Crippen molar-refractivity contribution in [2.45, 2.75) is 0 Å². The molecule has 3 aromatic heterocycles. The van der Waals surface area contributed by atoms with Crippen LogP contribution in [0.2, 0.25) is 0 Å². The van der Waals surface area contributed by atoms with Gasteiger partial charge in [0.2, 0.25) is 0 Å². The minimum absolute atomic E-state index is 0.613. The molecule has 0 atom stereocenters. The number of nitriles is 3. The SMILES string of the molecule is N#Cc1cccc2[nH]c(P(c3cc4c(C#N)cccc4[nH]3)c3cc4c(C#N)cccc4[nH]3)cc12. The van der Waals surface area contributed by atoms with Gasteiger partial charge in [0.1, 0.15) is 0 Å². The molecular formula is C27H15N6P. The number of hydrogen-bond acceptors (Lipinski definition) is 3. The van der Waals surface area contributed by atoms with Crippen LogP contribution in [-0.4, -0.2) is 15.0 Å². The number of fused-ring (bicyclic) bond motifs is 3. The lowest BCUT2D eigenvalue weighted by molar-refractivity contribution is 1.49. The van der Waals surface area contributed by atoms with Gasteiger partial charge in [0, 0.05) is 40.6 Å². The summed E-state index contributed by atoms with van der Waals surface area (Å²) in [6.45, 7) is 0. The number of nitrogens with zero attached hydrogens (tertiary/aromatic N) is 3. The summed E-state index contributed by atoms with van der Waals surface area (Å²) in [6, 6.07) is 29.9. The predicted octanol–water partition coefficient (Wildman–Crippen LogP) is 4.50. The molecule has 0 aliphatic heterocycles. The average Bonchev–Trinajstić information content (AvgIpc) is 3.59. The zero-order valence-corrected chi connectivity index (χ0v) is 18.6. The second kappa shape index (κ2) is 7.65. The molecule has 0 saturated carbocycles. The molecule has 3 aromatic carbocycles. The van der Waals surface area contributed by atoms with Crippen molar-refractivity contribution in [1.82, 2.24) is 15.0 Å². The van der Waals surface area contributed by atoms with Crippen LogP contribution in [0, 0.1) is 34.0 Å². The van der Waals surface area contributed by atoms with Crippen LogP contribution in [0.15, 0.2) is 72.8 Å². The highest BCUT2D eigenvalue weighted by Gasteiger charge is 2.24. The Morgan fingerprint density at radius 2 is 0.824 bits per heavy atom. The smallest absolute Gasteiger partial charge is 0.0998 e. The molecule has 0 saturated heterocycles. The number of H-pyrrole nitrogens is 3. The third kappa shape index (κ3) is 2.97. The van der Waals surface area contributed by atoms with Crippen LogP contribution in [0.25, 0.3) is 32.7 Å². The Balaban J connectivity index is 1.64. The van der Waals surface area contributed by atoms with E-state index in [1.165, 1.54) is 0 Å². The first-order valence-electron chi connectivity index (χ1n) is 10.6. The van der Waals surface area contributed by atoms with E-state index in [1.807, 2.05) is 72.8 Å². The minimum Gasteiger partial charge on any atom is -0.354 e. The summed E-state index contributed by atoms with van der Waals surface area (Å²) in [4.78, 5) is 10.6. The molecular weight excluding hydrogens is 439 g/mol. The average molecular weight is 454 g/mol. The monoisotopic (exact) mass is 454 g/mol. The van der Waals surface area contributed by atoms with Crippen LogP contribution in [0.5, 0.6) is 0 Å². The highest BCUT2D eigenvalue weighted by molar-refractivity contribution is 7.79. The summed E-state index contributed by atoms with van der Waals surface area (Å²) in [5.41, 5.74) is 7.40. The van der Waals surface area contributed by atoms with Crippen LogP contribution < -0.4 is 16.3 Å². The lowest BCUT2D eigenvalue weighted by Crippen LogP contribution is -2.22. The van der Waals surface area contributed by atoms with Gasteiger partial charge in [-0.1, -0.05) is 18.2 Å². The second-order valence-electron chi connectivity index (χ2n) is 7.93. The van der Waals surface area contributed by atoms with Gasteiger partial charge in [0.25, 0.3) is 0 Å². The number of hydrogen-bond donors (Lipinski definition) is 3. The Bertz CT molecular complexity index is 1650. The Morgan fingerprint density at radius 1 is 0.500 bits per heavy atom. The fourth-order valence-corrected chi connectivity index (χ4v) is 6.71. The Labute approximate surface area is 195 Å². The van der Waals surface area contributed by atoms with Gasteiger partial charge < -0.3 is 15.0 Å². The Morgan fingerprint density at radius 3 is 1.12 bits per heavy atom. The van der Waals surface area contributed by atoms with E-state index in [1.54, 1.807) is 0 Å². The molecule has 6 nitrogen and oxygen atoms in total. The van der Waals surface area contributed by atoms with E-state index in [2.05, 4.69) is 33.2 Å². The maximum Gasteiger partial charge on any atom is 0.0998 e. The van der Waals surface area contributed by atoms with Crippen molar-refractivity contribution in [2.75, 3.05) is 0 Å². The summed E-state index contributed by atoms with van der Waals surface area (Å²) >= 11 is 0. The van der Waals surface area contributed by atoms with E-state index in [0.717, 1.165) is 49.0 Å². The maximum atomic E-state index is 9.59. The van der Waals surface area contributed by atoms with Gasteiger partial charge in [-0.15, -0.1) is 0 Å². The van der Waals surface area contributed by atoms with Crippen LogP contribution in [0.1, 0.15) is 16.7 Å². The predicted molar refractivity (Wildman–Crippen MR) is 135 cm³/mol. The molecule has 6 aromatic rings. The first kappa shape index (κ1) is 19.8. The third-order valence-electron chi connectivity index (χ3n) is 6.03. The Kier molecular flexibility index (Phi) is 4.46. The van der Waals surface area contributed by atoms with Crippen LogP contribution in [0.4, 0.5) is 0 Å². The van der Waals surface area contributed by atoms with Gasteiger partial charge >= 0.3 is 0 Å². The molecule has 6 rings (SSSR count). The summed E-state index contributed by atoms with van der Waals surface area (Å²) in [6.07, 6.45) is 0. The number of nitrogens with one attached hydrogen (secondary N) is 3. The first-order valence-corrected chi connectivity index (χ1v) is 11.9. The van der Waals surface area contributed by atoms with Gasteiger partial charge in [-0.05, 0) is 54.6 Å². The van der Waals surface area contributed by atoms with Crippen molar-refractivity contribution in [3.8, 4) is 18.2 Å². The standard InChI is InChI=1S/C27H15N6P/c28-13-16-4-1-7-22-19(16)10-25(31-22)34(26-11-20-17(14-29)5-2-8-23(20)32-26)27-12-21-18(15-30)6-3-9-24(21)33-27/h1-12,31-33H. The zero-order chi connectivity index (χ0) is 23.2. The summed E-state index contributed by atoms with van der Waals surface area (Å²) < 4.78 is 0. The van der Waals surface area contributed by atoms with E-state index in [0.29, 0.717) is 16.7 Å². The molecule has 34 heavy (non-hydrogen) atoms. The van der Waals surface area contributed by atoms with Crippen LogP contribution in [0.3, 0.4) is 0 Å². The van der Waals surface area contributed by atoms with E-state index in [9.17, 15) is 15.8 Å². The van der Waals surface area contributed by atoms with Crippen molar-refractivity contribution >= 4 is 56.9 Å². The van der Waals surface area contributed by atoms with Gasteiger partial charge in [0.05, 0.1) is 51.2 Å². The van der Waals surface area contributed by atoms with Crippen molar-refractivity contribution in [1.29, 1.82) is 15.8 Å². The fourth-order valence-electron chi connectivity index (χ4n) is 4.46. The second-order valence-corrected chi connectivity index (χ2v) is 10.1. The number of benzene rings is 3. The number of aromatic amines is 3. The lowest BCUT2D eigenvalue weighted by Gasteiger charge is -2.13. The first-order chi connectivity index (χ1) is 16.7. The van der Waals surface area contributed by atoms with Crippen molar-refractivity contribution in [2.24, 2.45) is 0 Å². The Hall–Kier alpha value is -4.82. The third-order valence-corrected chi connectivity index (χ3v) is 8.20. The highest BCUT2D eigenvalue weighted by atomic mass is 31.1. The van der Waals surface area contributed by atoms with Crippen LogP contribution in [-0.2, 0) is 0 Å². The van der Waals surface area contributed by atoms with Crippen LogP contribution >= 0.6 is 7.92 Å². The highest BCUT2D eigenvalue weighted by Crippen LogP contribution is 2.36. The number of rotatable bonds is 3. The molecule has 3 N–H and O–H groups in total. The quantitative estimate of drug-likeness (QED) is 0.342. The molecule has 7 heteroatoms. The van der Waals surface area contributed by atoms with E-state index >= 15 is 0 Å². The summed E-state index contributed by atoms with van der Waals surface area (Å²) in [5, 5.41) is 31.4. The molecule has 158 valence electrons. The topological polar surface area (TPSA) is 119 Å². The molecule has 0 bridgehead atoms. The fraction of sp³-hybridized carbons (Fsp3) is 0. The minimum atomic E-state index is -1.13. The molecule has 3 heterocycles. The molecule has 0 fully saturated rings. The van der Waals surface area contributed by atoms with Gasteiger partial charge in [-0.25, -0.2) is 0 Å². The number of aromatic nitrogens is 3. The van der Waals surface area contributed by atoms with Crippen molar-refractivity contribution in [3.05, 3.63) is 89.5 Å².